The van der Waals surface area contributed by atoms with Crippen LogP contribution in [0.25, 0.3) is 22.4 Å². The smallest absolute Gasteiger partial charge is 0.315 e. The number of nitrogens with one attached hydrogen (secondary N) is 2. The molecule has 1 aliphatic carbocycles. The van der Waals surface area contributed by atoms with Gasteiger partial charge in [0.1, 0.15) is 5.82 Å². The molecule has 4 rings (SSSR count). The van der Waals surface area contributed by atoms with Crippen molar-refractivity contribution >= 4 is 17.1 Å². The summed E-state index contributed by atoms with van der Waals surface area (Å²) in [6.45, 7) is 1.25. The number of carbonyl (C=O) groups is 1. The maximum atomic E-state index is 12.1. The minimum atomic E-state index is -0.0671. The Hall–Kier alpha value is -2.82. The molecule has 134 valence electrons. The maximum Gasteiger partial charge on any atom is 0.315 e. The van der Waals surface area contributed by atoms with Crippen molar-refractivity contribution in [3.8, 4) is 11.4 Å². The van der Waals surface area contributed by atoms with Crippen molar-refractivity contribution in [2.24, 2.45) is 0 Å². The van der Waals surface area contributed by atoms with Crippen molar-refractivity contribution in [1.29, 1.82) is 0 Å². The number of urea groups is 1. The molecule has 3 aromatic rings. The van der Waals surface area contributed by atoms with Crippen LogP contribution in [0.4, 0.5) is 4.79 Å². The summed E-state index contributed by atoms with van der Waals surface area (Å²) in [5.41, 5.74) is 3.14. The summed E-state index contributed by atoms with van der Waals surface area (Å²) in [6.07, 6.45) is 4.62. The molecule has 2 N–H and O–H groups in total. The fourth-order valence-corrected chi connectivity index (χ4v) is 3.70. The van der Waals surface area contributed by atoms with Crippen molar-refractivity contribution in [2.75, 3.05) is 6.54 Å². The fourth-order valence-electron chi connectivity index (χ4n) is 3.70. The summed E-state index contributed by atoms with van der Waals surface area (Å²) in [6, 6.07) is 18.6. The molecule has 5 nitrogen and oxygen atoms in total. The van der Waals surface area contributed by atoms with E-state index in [1.807, 2.05) is 36.4 Å². The molecule has 0 aliphatic heterocycles. The minimum Gasteiger partial charge on any atom is -0.336 e. The Bertz CT molecular complexity index is 881. The van der Waals surface area contributed by atoms with E-state index in [0.717, 1.165) is 35.3 Å². The predicted octanol–water partition coefficient (Wildman–Crippen LogP) is 3.95. The number of carbonyl (C=O) groups excluding carboxylic acids is 1. The van der Waals surface area contributed by atoms with E-state index in [-0.39, 0.29) is 6.03 Å². The zero-order valence-electron chi connectivity index (χ0n) is 14.8. The summed E-state index contributed by atoms with van der Waals surface area (Å²) >= 11 is 0. The quantitative estimate of drug-likeness (QED) is 0.733. The van der Waals surface area contributed by atoms with E-state index in [2.05, 4.69) is 33.4 Å². The third-order valence-corrected chi connectivity index (χ3v) is 5.00. The monoisotopic (exact) mass is 348 g/mol. The molecule has 0 radical (unpaired) electrons. The summed E-state index contributed by atoms with van der Waals surface area (Å²) in [5.74, 6) is 0.935. The summed E-state index contributed by atoms with van der Waals surface area (Å²) in [5, 5.41) is 6.06. The van der Waals surface area contributed by atoms with Crippen LogP contribution in [0.2, 0.25) is 0 Å². The Kier molecular flexibility index (Phi) is 4.86. The van der Waals surface area contributed by atoms with E-state index in [4.69, 9.17) is 4.98 Å². The SMILES string of the molecule is O=C(NCCn1c(-c2ccccc2)nc2ccccc21)NC1CCCC1. The Morgan fingerprint density at radius 3 is 2.58 bits per heavy atom. The normalized spacial score (nSPS) is 14.6. The van der Waals surface area contributed by atoms with Crippen LogP contribution in [0.5, 0.6) is 0 Å². The van der Waals surface area contributed by atoms with Crippen LogP contribution >= 0.6 is 0 Å². The largest absolute Gasteiger partial charge is 0.336 e. The van der Waals surface area contributed by atoms with E-state index in [0.29, 0.717) is 19.1 Å². The first kappa shape index (κ1) is 16.6. The molecule has 1 aliphatic rings. The lowest BCUT2D eigenvalue weighted by Crippen LogP contribution is -2.41. The highest BCUT2D eigenvalue weighted by atomic mass is 16.2. The number of imidazole rings is 1. The van der Waals surface area contributed by atoms with Crippen LogP contribution < -0.4 is 10.6 Å². The second kappa shape index (κ2) is 7.60. The van der Waals surface area contributed by atoms with Crippen LogP contribution in [0.1, 0.15) is 25.7 Å². The van der Waals surface area contributed by atoms with E-state index >= 15 is 0 Å². The number of fused-ring (bicyclic) bond motifs is 1. The van der Waals surface area contributed by atoms with Gasteiger partial charge in [-0.15, -0.1) is 0 Å². The van der Waals surface area contributed by atoms with Gasteiger partial charge in [-0.2, -0.15) is 0 Å². The number of hydrogen-bond donors (Lipinski definition) is 2. The van der Waals surface area contributed by atoms with E-state index in [1.165, 1.54) is 12.8 Å². The van der Waals surface area contributed by atoms with Crippen molar-refractivity contribution in [3.05, 3.63) is 54.6 Å². The predicted molar refractivity (Wildman–Crippen MR) is 104 cm³/mol. The minimum absolute atomic E-state index is 0.0671. The maximum absolute atomic E-state index is 12.1. The van der Waals surface area contributed by atoms with Gasteiger partial charge in [-0.3, -0.25) is 0 Å². The Morgan fingerprint density at radius 1 is 1.04 bits per heavy atom. The molecule has 0 spiro atoms. The lowest BCUT2D eigenvalue weighted by molar-refractivity contribution is 0.237. The zero-order chi connectivity index (χ0) is 17.8. The summed E-state index contributed by atoms with van der Waals surface area (Å²) in [7, 11) is 0. The number of benzene rings is 2. The molecule has 1 saturated carbocycles. The highest BCUT2D eigenvalue weighted by molar-refractivity contribution is 5.80. The second-order valence-electron chi connectivity index (χ2n) is 6.82. The topological polar surface area (TPSA) is 59.0 Å². The third-order valence-electron chi connectivity index (χ3n) is 5.00. The molecule has 1 aromatic heterocycles. The number of amides is 2. The highest BCUT2D eigenvalue weighted by Crippen LogP contribution is 2.24. The van der Waals surface area contributed by atoms with E-state index in [1.54, 1.807) is 0 Å². The molecular weight excluding hydrogens is 324 g/mol. The number of para-hydroxylation sites is 2. The summed E-state index contributed by atoms with van der Waals surface area (Å²) in [4.78, 5) is 16.9. The molecule has 0 unspecified atom stereocenters. The summed E-state index contributed by atoms with van der Waals surface area (Å²) < 4.78 is 2.18. The van der Waals surface area contributed by atoms with Gasteiger partial charge >= 0.3 is 6.03 Å². The van der Waals surface area contributed by atoms with Gasteiger partial charge in [0.05, 0.1) is 11.0 Å². The first-order valence-corrected chi connectivity index (χ1v) is 9.36. The van der Waals surface area contributed by atoms with E-state index < -0.39 is 0 Å². The van der Waals surface area contributed by atoms with Gasteiger partial charge in [0.2, 0.25) is 0 Å². The van der Waals surface area contributed by atoms with Crippen LogP contribution in [-0.2, 0) is 6.54 Å². The Balaban J connectivity index is 1.49. The van der Waals surface area contributed by atoms with Gasteiger partial charge in [0, 0.05) is 24.7 Å². The lowest BCUT2D eigenvalue weighted by Gasteiger charge is -2.14. The van der Waals surface area contributed by atoms with Gasteiger partial charge in [-0.1, -0.05) is 55.3 Å². The van der Waals surface area contributed by atoms with Gasteiger partial charge in [0.25, 0.3) is 0 Å². The van der Waals surface area contributed by atoms with Gasteiger partial charge < -0.3 is 15.2 Å². The van der Waals surface area contributed by atoms with Crippen LogP contribution in [0.3, 0.4) is 0 Å². The number of hydrogen-bond acceptors (Lipinski definition) is 2. The number of aromatic nitrogens is 2. The highest BCUT2D eigenvalue weighted by Gasteiger charge is 2.17. The van der Waals surface area contributed by atoms with Crippen molar-refractivity contribution < 1.29 is 4.79 Å². The first-order valence-electron chi connectivity index (χ1n) is 9.36. The first-order chi connectivity index (χ1) is 12.8. The van der Waals surface area contributed by atoms with Gasteiger partial charge in [0.15, 0.2) is 0 Å². The molecule has 26 heavy (non-hydrogen) atoms. The molecule has 1 heterocycles. The second-order valence-corrected chi connectivity index (χ2v) is 6.82. The lowest BCUT2D eigenvalue weighted by atomic mass is 10.2. The third kappa shape index (κ3) is 3.57. The Morgan fingerprint density at radius 2 is 1.77 bits per heavy atom. The molecule has 0 saturated heterocycles. The molecule has 2 amide bonds. The molecule has 0 atom stereocenters. The number of nitrogens with zero attached hydrogens (tertiary/aromatic N) is 2. The fraction of sp³-hybridized carbons (Fsp3) is 0.333. The standard InChI is InChI=1S/C21H24N4O/c26-21(23-17-10-4-5-11-17)22-14-15-25-19-13-7-6-12-18(19)24-20(25)16-8-2-1-3-9-16/h1-3,6-9,12-13,17H,4-5,10-11,14-15H2,(H2,22,23,26). The van der Waals surface area contributed by atoms with E-state index in [9.17, 15) is 4.79 Å². The average molecular weight is 348 g/mol. The molecule has 1 fully saturated rings. The van der Waals surface area contributed by atoms with Gasteiger partial charge in [-0.25, -0.2) is 9.78 Å². The van der Waals surface area contributed by atoms with Crippen molar-refractivity contribution in [3.63, 3.8) is 0 Å². The van der Waals surface area contributed by atoms with Crippen LogP contribution in [0, 0.1) is 0 Å². The molecule has 2 aromatic carbocycles. The average Bonchev–Trinajstić information content (AvgIpc) is 3.30. The van der Waals surface area contributed by atoms with Crippen molar-refractivity contribution in [2.45, 2.75) is 38.3 Å². The zero-order valence-corrected chi connectivity index (χ0v) is 14.8. The van der Waals surface area contributed by atoms with Crippen LogP contribution in [-0.4, -0.2) is 28.2 Å². The van der Waals surface area contributed by atoms with Gasteiger partial charge in [-0.05, 0) is 25.0 Å². The molecular formula is C21H24N4O. The van der Waals surface area contributed by atoms with Crippen molar-refractivity contribution in [1.82, 2.24) is 20.2 Å². The van der Waals surface area contributed by atoms with Crippen LogP contribution in [0.15, 0.2) is 54.6 Å². The number of rotatable bonds is 5. The molecule has 5 heteroatoms. The molecule has 0 bridgehead atoms. The Labute approximate surface area is 153 Å².